The fourth-order valence-corrected chi connectivity index (χ4v) is 5.85. The first kappa shape index (κ1) is 20.6. The molecular weight excluding hydrogens is 354 g/mol. The zero-order chi connectivity index (χ0) is 19.0. The molecule has 0 aromatic heterocycles. The molecule has 0 unspecified atom stereocenters. The van der Waals surface area contributed by atoms with Crippen molar-refractivity contribution in [2.45, 2.75) is 69.3 Å². The SMILES string of the molecule is Cc1ccc(S(=O)(=O)N2C[C@H](O[Si](C)(C)C(C)(C)C)C[C@H]2CO)cc1. The summed E-state index contributed by atoms with van der Waals surface area (Å²) in [6, 6.07) is 6.41. The third kappa shape index (κ3) is 4.34. The van der Waals surface area contributed by atoms with E-state index in [-0.39, 0.29) is 22.6 Å². The zero-order valence-corrected chi connectivity index (χ0v) is 17.9. The fraction of sp³-hybridized carbons (Fsp3) is 0.667. The summed E-state index contributed by atoms with van der Waals surface area (Å²) in [6.45, 7) is 12.9. The minimum atomic E-state index is -3.63. The highest BCUT2D eigenvalue weighted by Gasteiger charge is 2.45. The van der Waals surface area contributed by atoms with E-state index in [4.69, 9.17) is 4.43 Å². The van der Waals surface area contributed by atoms with E-state index in [9.17, 15) is 13.5 Å². The van der Waals surface area contributed by atoms with Gasteiger partial charge in [-0.1, -0.05) is 38.5 Å². The van der Waals surface area contributed by atoms with Crippen LogP contribution in [0.1, 0.15) is 32.8 Å². The van der Waals surface area contributed by atoms with Gasteiger partial charge in [-0.05, 0) is 43.6 Å². The summed E-state index contributed by atoms with van der Waals surface area (Å²) >= 11 is 0. The molecule has 1 aliphatic heterocycles. The number of aryl methyl sites for hydroxylation is 1. The Morgan fingerprint density at radius 2 is 1.80 bits per heavy atom. The molecule has 0 aliphatic carbocycles. The van der Waals surface area contributed by atoms with Gasteiger partial charge in [0.25, 0.3) is 0 Å². The molecule has 1 aromatic rings. The highest BCUT2D eigenvalue weighted by Crippen LogP contribution is 2.39. The van der Waals surface area contributed by atoms with Crippen LogP contribution < -0.4 is 0 Å². The molecule has 0 radical (unpaired) electrons. The maximum Gasteiger partial charge on any atom is 0.243 e. The first-order chi connectivity index (χ1) is 11.4. The number of aliphatic hydroxyl groups is 1. The third-order valence-electron chi connectivity index (χ3n) is 5.43. The monoisotopic (exact) mass is 385 g/mol. The average Bonchev–Trinajstić information content (AvgIpc) is 2.89. The van der Waals surface area contributed by atoms with Crippen LogP contribution >= 0.6 is 0 Å². The lowest BCUT2D eigenvalue weighted by atomic mass is 10.2. The summed E-state index contributed by atoms with van der Waals surface area (Å²) < 4.78 is 33.8. The number of nitrogens with zero attached hydrogens (tertiary/aromatic N) is 1. The van der Waals surface area contributed by atoms with E-state index < -0.39 is 24.4 Å². The van der Waals surface area contributed by atoms with Crippen LogP contribution in [0.3, 0.4) is 0 Å². The summed E-state index contributed by atoms with van der Waals surface area (Å²) in [5, 5.41) is 9.78. The smallest absolute Gasteiger partial charge is 0.243 e. The number of aliphatic hydroxyl groups excluding tert-OH is 1. The van der Waals surface area contributed by atoms with E-state index in [1.54, 1.807) is 24.3 Å². The van der Waals surface area contributed by atoms with E-state index in [0.29, 0.717) is 13.0 Å². The molecule has 0 spiro atoms. The summed E-state index contributed by atoms with van der Waals surface area (Å²) in [4.78, 5) is 0.268. The van der Waals surface area contributed by atoms with Gasteiger partial charge in [0.05, 0.1) is 23.6 Å². The van der Waals surface area contributed by atoms with Crippen molar-refractivity contribution in [3.05, 3.63) is 29.8 Å². The molecule has 142 valence electrons. The molecule has 7 heteroatoms. The van der Waals surface area contributed by atoms with E-state index in [2.05, 4.69) is 33.9 Å². The molecule has 0 saturated carbocycles. The van der Waals surface area contributed by atoms with Crippen LogP contribution in [0.4, 0.5) is 0 Å². The van der Waals surface area contributed by atoms with E-state index in [0.717, 1.165) is 5.56 Å². The Bertz CT molecular complexity index is 695. The molecule has 1 saturated heterocycles. The van der Waals surface area contributed by atoms with Crippen molar-refractivity contribution in [1.82, 2.24) is 4.31 Å². The Morgan fingerprint density at radius 1 is 1.24 bits per heavy atom. The molecule has 2 rings (SSSR count). The molecule has 0 amide bonds. The lowest BCUT2D eigenvalue weighted by molar-refractivity contribution is 0.188. The summed E-state index contributed by atoms with van der Waals surface area (Å²) in [5.41, 5.74) is 1.01. The van der Waals surface area contributed by atoms with Crippen molar-refractivity contribution in [2.75, 3.05) is 13.2 Å². The molecular formula is C18H31NO4SSi. The lowest BCUT2D eigenvalue weighted by Crippen LogP contribution is -2.44. The van der Waals surface area contributed by atoms with Crippen LogP contribution in [0.15, 0.2) is 29.2 Å². The largest absolute Gasteiger partial charge is 0.413 e. The van der Waals surface area contributed by atoms with Crippen LogP contribution in [0.5, 0.6) is 0 Å². The maximum atomic E-state index is 13.0. The lowest BCUT2D eigenvalue weighted by Gasteiger charge is -2.38. The minimum absolute atomic E-state index is 0.0605. The number of sulfonamides is 1. The van der Waals surface area contributed by atoms with Crippen molar-refractivity contribution in [3.8, 4) is 0 Å². The number of hydrogen-bond donors (Lipinski definition) is 1. The Labute approximate surface area is 153 Å². The second kappa shape index (κ2) is 7.11. The Hall–Kier alpha value is -0.733. The molecule has 0 bridgehead atoms. The van der Waals surface area contributed by atoms with Crippen LogP contribution in [-0.2, 0) is 14.4 Å². The van der Waals surface area contributed by atoms with Crippen LogP contribution in [-0.4, -0.2) is 51.4 Å². The van der Waals surface area contributed by atoms with Crippen LogP contribution in [0.2, 0.25) is 18.1 Å². The Balaban J connectivity index is 2.23. The standard InChI is InChI=1S/C18H31NO4SSi/c1-14-7-9-17(10-8-14)24(21,22)19-12-16(11-15(19)13-20)23-25(5,6)18(2,3)4/h7-10,15-16,20H,11-13H2,1-6H3/t15-,16+/m0/s1. The minimum Gasteiger partial charge on any atom is -0.413 e. The van der Waals surface area contributed by atoms with Gasteiger partial charge in [-0.15, -0.1) is 0 Å². The molecule has 25 heavy (non-hydrogen) atoms. The van der Waals surface area contributed by atoms with Crippen molar-refractivity contribution >= 4 is 18.3 Å². The van der Waals surface area contributed by atoms with Crippen molar-refractivity contribution in [3.63, 3.8) is 0 Å². The predicted molar refractivity (Wildman–Crippen MR) is 103 cm³/mol. The van der Waals surface area contributed by atoms with Gasteiger partial charge in [0.2, 0.25) is 10.0 Å². The van der Waals surface area contributed by atoms with Gasteiger partial charge < -0.3 is 9.53 Å². The Kier molecular flexibility index (Phi) is 5.86. The second-order valence-electron chi connectivity index (χ2n) is 8.46. The topological polar surface area (TPSA) is 66.8 Å². The first-order valence-electron chi connectivity index (χ1n) is 8.75. The summed E-state index contributed by atoms with van der Waals surface area (Å²) in [6.07, 6.45) is 0.368. The second-order valence-corrected chi connectivity index (χ2v) is 15.1. The number of benzene rings is 1. The van der Waals surface area contributed by atoms with Gasteiger partial charge in [0.15, 0.2) is 8.32 Å². The fourth-order valence-electron chi connectivity index (χ4n) is 2.83. The average molecular weight is 386 g/mol. The molecule has 1 heterocycles. The van der Waals surface area contributed by atoms with Crippen molar-refractivity contribution in [2.24, 2.45) is 0 Å². The van der Waals surface area contributed by atoms with E-state index >= 15 is 0 Å². The summed E-state index contributed by atoms with van der Waals surface area (Å²) in [7, 11) is -5.62. The highest BCUT2D eigenvalue weighted by molar-refractivity contribution is 7.89. The van der Waals surface area contributed by atoms with Gasteiger partial charge in [-0.2, -0.15) is 4.31 Å². The quantitative estimate of drug-likeness (QED) is 0.791. The van der Waals surface area contributed by atoms with Gasteiger partial charge >= 0.3 is 0 Å². The normalized spacial score (nSPS) is 23.2. The molecule has 2 atom stereocenters. The predicted octanol–water partition coefficient (Wildman–Crippen LogP) is 3.14. The zero-order valence-electron chi connectivity index (χ0n) is 16.1. The highest BCUT2D eigenvalue weighted by atomic mass is 32.2. The van der Waals surface area contributed by atoms with Crippen molar-refractivity contribution < 1.29 is 18.0 Å². The van der Waals surface area contributed by atoms with Gasteiger partial charge in [-0.25, -0.2) is 8.42 Å². The maximum absolute atomic E-state index is 13.0. The molecule has 1 fully saturated rings. The van der Waals surface area contributed by atoms with Crippen LogP contribution in [0.25, 0.3) is 0 Å². The molecule has 1 aliphatic rings. The summed E-state index contributed by atoms with van der Waals surface area (Å²) in [5.74, 6) is 0. The van der Waals surface area contributed by atoms with Crippen molar-refractivity contribution in [1.29, 1.82) is 0 Å². The molecule has 5 nitrogen and oxygen atoms in total. The van der Waals surface area contributed by atoms with E-state index in [1.165, 1.54) is 4.31 Å². The molecule has 1 N–H and O–H groups in total. The van der Waals surface area contributed by atoms with Gasteiger partial charge in [0.1, 0.15) is 0 Å². The first-order valence-corrected chi connectivity index (χ1v) is 13.1. The van der Waals surface area contributed by atoms with Gasteiger partial charge in [-0.3, -0.25) is 0 Å². The Morgan fingerprint density at radius 3 is 2.28 bits per heavy atom. The third-order valence-corrected chi connectivity index (χ3v) is 11.9. The van der Waals surface area contributed by atoms with E-state index in [1.807, 2.05) is 6.92 Å². The van der Waals surface area contributed by atoms with Gasteiger partial charge in [0, 0.05) is 6.54 Å². The molecule has 1 aromatic carbocycles. The number of rotatable bonds is 5. The number of hydrogen-bond acceptors (Lipinski definition) is 4. The van der Waals surface area contributed by atoms with Crippen LogP contribution in [0, 0.1) is 6.92 Å².